The number of carbonyl (C=O) groups is 1. The highest BCUT2D eigenvalue weighted by molar-refractivity contribution is 5.68. The third kappa shape index (κ3) is 5.09. The molecule has 0 aromatic rings. The molecular weight excluding hydrogens is 311 g/mol. The van der Waals surface area contributed by atoms with Crippen LogP contribution in [0.1, 0.15) is 40.0 Å². The molecule has 0 saturated carbocycles. The van der Waals surface area contributed by atoms with E-state index < -0.39 is 17.4 Å². The van der Waals surface area contributed by atoms with Crippen molar-refractivity contribution in [1.29, 1.82) is 0 Å². The maximum Gasteiger partial charge on any atom is 0.410 e. The lowest BCUT2D eigenvalue weighted by molar-refractivity contribution is -0.0584. The number of ether oxygens (including phenoxy) is 1. The smallest absolute Gasteiger partial charge is 0.410 e. The summed E-state index contributed by atoms with van der Waals surface area (Å²) in [5.41, 5.74) is -1.41. The van der Waals surface area contributed by atoms with Crippen molar-refractivity contribution in [1.82, 2.24) is 9.80 Å². The molecule has 5 nitrogen and oxygen atoms in total. The van der Waals surface area contributed by atoms with Crippen LogP contribution in [0.3, 0.4) is 0 Å². The Kier molecular flexibility index (Phi) is 5.77. The van der Waals surface area contributed by atoms with Gasteiger partial charge in [-0.05, 0) is 46.6 Å². The number of alkyl halides is 1. The monoisotopic (exact) mass is 340 g/mol. The van der Waals surface area contributed by atoms with Crippen molar-refractivity contribution >= 4 is 6.09 Å². The second-order valence-corrected chi connectivity index (χ2v) is 8.00. The van der Waals surface area contributed by atoms with Gasteiger partial charge in [0.25, 0.3) is 0 Å². The van der Waals surface area contributed by atoms with Crippen LogP contribution in [0.15, 0.2) is 0 Å². The fourth-order valence-electron chi connectivity index (χ4n) is 3.31. The van der Waals surface area contributed by atoms with Crippen molar-refractivity contribution < 1.29 is 19.0 Å². The van der Waals surface area contributed by atoms with Crippen LogP contribution in [0.2, 0.25) is 0 Å². The minimum atomic E-state index is -1.03. The van der Waals surface area contributed by atoms with Gasteiger partial charge in [-0.1, -0.05) is 0 Å². The molecule has 2 heterocycles. The molecule has 24 heavy (non-hydrogen) atoms. The molecule has 2 saturated heterocycles. The zero-order valence-electron chi connectivity index (χ0n) is 14.9. The number of terminal acetylenes is 1. The van der Waals surface area contributed by atoms with Gasteiger partial charge in [-0.3, -0.25) is 4.90 Å². The van der Waals surface area contributed by atoms with E-state index in [4.69, 9.17) is 11.2 Å². The molecule has 0 spiro atoms. The van der Waals surface area contributed by atoms with Crippen molar-refractivity contribution in [2.75, 3.05) is 32.7 Å². The molecule has 0 aromatic carbocycles. The van der Waals surface area contributed by atoms with Gasteiger partial charge in [0.1, 0.15) is 11.8 Å². The van der Waals surface area contributed by atoms with E-state index in [0.717, 1.165) is 0 Å². The van der Waals surface area contributed by atoms with Crippen LogP contribution in [0, 0.1) is 18.3 Å². The Morgan fingerprint density at radius 1 is 1.38 bits per heavy atom. The first-order chi connectivity index (χ1) is 11.1. The molecule has 1 N–H and O–H groups in total. The lowest BCUT2D eigenvalue weighted by Crippen LogP contribution is -2.55. The van der Waals surface area contributed by atoms with Gasteiger partial charge in [-0.2, -0.15) is 0 Å². The van der Waals surface area contributed by atoms with Crippen LogP contribution < -0.4 is 0 Å². The van der Waals surface area contributed by atoms with E-state index in [0.29, 0.717) is 45.4 Å². The summed E-state index contributed by atoms with van der Waals surface area (Å²) in [6.07, 6.45) is 5.52. The molecule has 2 atom stereocenters. The molecule has 0 unspecified atom stereocenters. The Hall–Kier alpha value is -1.32. The Bertz CT molecular complexity index is 489. The summed E-state index contributed by atoms with van der Waals surface area (Å²) in [6.45, 7) is 7.79. The van der Waals surface area contributed by atoms with Gasteiger partial charge in [0.2, 0.25) is 0 Å². The quantitative estimate of drug-likeness (QED) is 0.782. The zero-order valence-corrected chi connectivity index (χ0v) is 14.9. The maximum absolute atomic E-state index is 14.0. The predicted molar refractivity (Wildman–Crippen MR) is 90.3 cm³/mol. The maximum atomic E-state index is 14.0. The molecule has 0 aliphatic carbocycles. The van der Waals surface area contributed by atoms with Gasteiger partial charge in [-0.15, -0.1) is 12.3 Å². The number of carbonyl (C=O) groups excluding carboxylic acids is 1. The predicted octanol–water partition coefficient (Wildman–Crippen LogP) is 2.04. The fourth-order valence-corrected chi connectivity index (χ4v) is 3.31. The lowest BCUT2D eigenvalue weighted by atomic mass is 9.89. The highest BCUT2D eigenvalue weighted by Crippen LogP contribution is 2.27. The number of amides is 1. The molecule has 2 rings (SSSR count). The topological polar surface area (TPSA) is 53.0 Å². The Balaban J connectivity index is 1.82. The normalized spacial score (nSPS) is 28.2. The highest BCUT2D eigenvalue weighted by Gasteiger charge is 2.38. The molecule has 0 bridgehead atoms. The number of rotatable bonds is 2. The van der Waals surface area contributed by atoms with Gasteiger partial charge >= 0.3 is 6.09 Å². The molecule has 2 aliphatic rings. The summed E-state index contributed by atoms with van der Waals surface area (Å²) in [4.78, 5) is 15.6. The summed E-state index contributed by atoms with van der Waals surface area (Å²) in [5.74, 6) is 2.19. The largest absolute Gasteiger partial charge is 0.444 e. The first kappa shape index (κ1) is 19.0. The van der Waals surface area contributed by atoms with Gasteiger partial charge < -0.3 is 14.7 Å². The number of hydrogen-bond donors (Lipinski definition) is 1. The molecule has 2 aliphatic heterocycles. The molecule has 1 amide bonds. The summed E-state index contributed by atoms with van der Waals surface area (Å²) in [6, 6.07) is 0. The van der Waals surface area contributed by atoms with Crippen molar-refractivity contribution in [2.24, 2.45) is 5.92 Å². The van der Waals surface area contributed by atoms with Crippen LogP contribution in [-0.2, 0) is 4.74 Å². The van der Waals surface area contributed by atoms with Crippen LogP contribution in [0.5, 0.6) is 0 Å². The molecule has 6 heteroatoms. The third-order valence-corrected chi connectivity index (χ3v) is 4.70. The second-order valence-electron chi connectivity index (χ2n) is 8.00. The van der Waals surface area contributed by atoms with Crippen molar-refractivity contribution in [3.63, 3.8) is 0 Å². The van der Waals surface area contributed by atoms with Crippen LogP contribution in [-0.4, -0.2) is 71.1 Å². The van der Waals surface area contributed by atoms with Crippen LogP contribution in [0.4, 0.5) is 9.18 Å². The van der Waals surface area contributed by atoms with E-state index >= 15 is 0 Å². The van der Waals surface area contributed by atoms with E-state index in [-0.39, 0.29) is 18.6 Å². The van der Waals surface area contributed by atoms with Gasteiger partial charge in [-0.25, -0.2) is 9.18 Å². The average molecular weight is 340 g/mol. The number of piperidine rings is 2. The van der Waals surface area contributed by atoms with E-state index in [1.807, 2.05) is 25.7 Å². The first-order valence-electron chi connectivity index (χ1n) is 8.65. The van der Waals surface area contributed by atoms with E-state index in [1.54, 1.807) is 4.90 Å². The zero-order chi connectivity index (χ0) is 18.0. The van der Waals surface area contributed by atoms with Gasteiger partial charge in [0, 0.05) is 26.2 Å². The molecule has 2 fully saturated rings. The summed E-state index contributed by atoms with van der Waals surface area (Å²) >= 11 is 0. The minimum Gasteiger partial charge on any atom is -0.444 e. The fraction of sp³-hybridized carbons (Fsp3) is 0.833. The third-order valence-electron chi connectivity index (χ3n) is 4.70. The van der Waals surface area contributed by atoms with Crippen molar-refractivity contribution in [3.8, 4) is 12.3 Å². The number of halogens is 1. The van der Waals surface area contributed by atoms with Crippen LogP contribution in [0.25, 0.3) is 0 Å². The summed E-state index contributed by atoms with van der Waals surface area (Å²) < 4.78 is 19.3. The molecule has 0 radical (unpaired) electrons. The average Bonchev–Trinajstić information content (AvgIpc) is 2.46. The Morgan fingerprint density at radius 2 is 2.00 bits per heavy atom. The Morgan fingerprint density at radius 3 is 2.50 bits per heavy atom. The van der Waals surface area contributed by atoms with Gasteiger partial charge in [0.05, 0.1) is 11.5 Å². The standard InChI is InChI=1S/C18H29FN2O3/c1-5-14-6-9-20(12-15(14)19)13-18(23)7-10-21(11-8-18)16(22)24-17(2,3)4/h1,14-15,23H,6-13H2,2-4H3/t14-,15+/m1/s1. The molecule has 136 valence electrons. The number of hydrogen-bond acceptors (Lipinski definition) is 4. The molecular formula is C18H29FN2O3. The number of nitrogens with zero attached hydrogens (tertiary/aromatic N) is 2. The summed E-state index contributed by atoms with van der Waals surface area (Å²) in [7, 11) is 0. The number of β-amino-alcohol motifs (C(OH)–C–C–N with tert-alkyl or cyclic N) is 1. The van der Waals surface area contributed by atoms with Crippen LogP contribution >= 0.6 is 0 Å². The number of likely N-dealkylation sites (tertiary alicyclic amines) is 2. The minimum absolute atomic E-state index is 0.271. The molecule has 0 aromatic heterocycles. The second kappa shape index (κ2) is 7.28. The van der Waals surface area contributed by atoms with Crippen molar-refractivity contribution in [2.45, 2.75) is 57.4 Å². The van der Waals surface area contributed by atoms with E-state index in [1.165, 1.54) is 0 Å². The van der Waals surface area contributed by atoms with E-state index in [2.05, 4.69) is 5.92 Å². The van der Waals surface area contributed by atoms with Crippen molar-refractivity contribution in [3.05, 3.63) is 0 Å². The SMILES string of the molecule is C#C[C@@H]1CCN(CC2(O)CCN(C(=O)OC(C)(C)C)CC2)C[C@@H]1F. The summed E-state index contributed by atoms with van der Waals surface area (Å²) in [5, 5.41) is 10.8. The highest BCUT2D eigenvalue weighted by atomic mass is 19.1. The van der Waals surface area contributed by atoms with E-state index in [9.17, 15) is 14.3 Å². The number of aliphatic hydroxyl groups is 1. The first-order valence-corrected chi connectivity index (χ1v) is 8.65. The Labute approximate surface area is 144 Å². The lowest BCUT2D eigenvalue weighted by Gasteiger charge is -2.42. The van der Waals surface area contributed by atoms with Gasteiger partial charge in [0.15, 0.2) is 0 Å².